The average molecular weight is 385 g/mol. The maximum Gasteiger partial charge on any atom is 0.134 e. The number of hydrogen-bond donors (Lipinski definition) is 0. The number of allylic oxidation sites excluding steroid dienone is 6. The lowest BCUT2D eigenvalue weighted by atomic mass is 9.70. The van der Waals surface area contributed by atoms with E-state index in [0.717, 1.165) is 28.4 Å². The summed E-state index contributed by atoms with van der Waals surface area (Å²) >= 11 is 0. The molecule has 2 atom stereocenters. The van der Waals surface area contributed by atoms with Crippen LogP contribution in [-0.2, 0) is 4.74 Å². The van der Waals surface area contributed by atoms with Crippen LogP contribution in [0.2, 0.25) is 0 Å². The predicted octanol–water partition coefficient (Wildman–Crippen LogP) is 7.52. The highest BCUT2D eigenvalue weighted by molar-refractivity contribution is 5.61. The van der Waals surface area contributed by atoms with Gasteiger partial charge in [-0.25, -0.2) is 0 Å². The van der Waals surface area contributed by atoms with Crippen LogP contribution in [0.25, 0.3) is 6.08 Å². The van der Waals surface area contributed by atoms with Crippen LogP contribution in [0.3, 0.4) is 0 Å². The van der Waals surface area contributed by atoms with E-state index in [1.807, 2.05) is 18.2 Å². The second-order valence-electron chi connectivity index (χ2n) is 8.35. The summed E-state index contributed by atoms with van der Waals surface area (Å²) in [4.78, 5) is 0. The van der Waals surface area contributed by atoms with Crippen molar-refractivity contribution in [2.75, 3.05) is 0 Å². The number of hydrogen-bond acceptors (Lipinski definition) is 2. The first-order valence-corrected chi connectivity index (χ1v) is 10.2. The van der Waals surface area contributed by atoms with Crippen molar-refractivity contribution in [2.45, 2.75) is 39.5 Å². The van der Waals surface area contributed by atoms with Crippen LogP contribution in [0.5, 0.6) is 0 Å². The molecular weight excluding hydrogens is 356 g/mol. The molecule has 2 aliphatic rings. The van der Waals surface area contributed by atoms with E-state index >= 15 is 0 Å². The van der Waals surface area contributed by atoms with Gasteiger partial charge in [0.25, 0.3) is 0 Å². The van der Waals surface area contributed by atoms with Crippen molar-refractivity contribution in [3.63, 3.8) is 0 Å². The summed E-state index contributed by atoms with van der Waals surface area (Å²) in [5.74, 6) is 3.21. The number of furan rings is 1. The maximum absolute atomic E-state index is 6.26. The molecule has 0 radical (unpaired) electrons. The Hall–Kier alpha value is -3.00. The first-order chi connectivity index (χ1) is 13.9. The van der Waals surface area contributed by atoms with Gasteiger partial charge in [-0.15, -0.1) is 0 Å². The standard InChI is InChI=1S/C27H28O2/c1-16(2)20-9-11-21(12-10-20)27-25(17(3)4)18(5)14-24-26(27)19(6)23(29-24)15-22-8-7-13-28-22/h7-16,26-27H,3,6H2,1-2,4-5H3. The summed E-state index contributed by atoms with van der Waals surface area (Å²) in [5, 5.41) is 0. The zero-order chi connectivity index (χ0) is 20.7. The molecule has 29 heavy (non-hydrogen) atoms. The first-order valence-electron chi connectivity index (χ1n) is 10.2. The van der Waals surface area contributed by atoms with Gasteiger partial charge in [-0.3, -0.25) is 0 Å². The fraction of sp³-hybridized carbons (Fsp3) is 0.259. The fourth-order valence-electron chi connectivity index (χ4n) is 4.44. The Morgan fingerprint density at radius 1 is 1.10 bits per heavy atom. The van der Waals surface area contributed by atoms with Crippen molar-refractivity contribution in [1.29, 1.82) is 0 Å². The van der Waals surface area contributed by atoms with Crippen molar-refractivity contribution < 1.29 is 9.15 Å². The Bertz CT molecular complexity index is 1040. The molecule has 4 rings (SSSR count). The smallest absolute Gasteiger partial charge is 0.134 e. The number of rotatable bonds is 4. The van der Waals surface area contributed by atoms with Gasteiger partial charge >= 0.3 is 0 Å². The van der Waals surface area contributed by atoms with Gasteiger partial charge in [0.15, 0.2) is 0 Å². The quantitative estimate of drug-likeness (QED) is 0.544. The molecule has 1 aliphatic carbocycles. The van der Waals surface area contributed by atoms with Crippen LogP contribution in [0.15, 0.2) is 100 Å². The third kappa shape index (κ3) is 3.44. The Balaban J connectivity index is 1.80. The third-order valence-corrected chi connectivity index (χ3v) is 5.89. The van der Waals surface area contributed by atoms with E-state index < -0.39 is 0 Å². The maximum atomic E-state index is 6.26. The number of ether oxygens (including phenoxy) is 1. The second kappa shape index (κ2) is 7.44. The Morgan fingerprint density at radius 2 is 1.83 bits per heavy atom. The summed E-state index contributed by atoms with van der Waals surface area (Å²) in [7, 11) is 0. The van der Waals surface area contributed by atoms with Gasteiger partial charge in [-0.2, -0.15) is 0 Å². The van der Waals surface area contributed by atoms with Gasteiger partial charge in [-0.05, 0) is 65.8 Å². The average Bonchev–Trinajstić information content (AvgIpc) is 3.29. The van der Waals surface area contributed by atoms with Crippen LogP contribution >= 0.6 is 0 Å². The summed E-state index contributed by atoms with van der Waals surface area (Å²) in [6, 6.07) is 12.8. The molecule has 2 nitrogen and oxygen atoms in total. The van der Waals surface area contributed by atoms with Gasteiger partial charge in [0.05, 0.1) is 12.2 Å². The number of benzene rings is 1. The zero-order valence-corrected chi connectivity index (χ0v) is 17.7. The van der Waals surface area contributed by atoms with Crippen molar-refractivity contribution >= 4 is 6.08 Å². The molecule has 1 aromatic carbocycles. The molecule has 1 aromatic heterocycles. The topological polar surface area (TPSA) is 22.4 Å². The van der Waals surface area contributed by atoms with Crippen LogP contribution < -0.4 is 0 Å². The van der Waals surface area contributed by atoms with E-state index in [9.17, 15) is 0 Å². The van der Waals surface area contributed by atoms with Gasteiger partial charge < -0.3 is 9.15 Å². The van der Waals surface area contributed by atoms with Gasteiger partial charge in [0, 0.05) is 12.0 Å². The zero-order valence-electron chi connectivity index (χ0n) is 17.7. The summed E-state index contributed by atoms with van der Waals surface area (Å²) in [6.07, 6.45) is 5.73. The highest BCUT2D eigenvalue weighted by atomic mass is 16.5. The van der Waals surface area contributed by atoms with E-state index in [2.05, 4.69) is 71.2 Å². The van der Waals surface area contributed by atoms with Gasteiger partial charge in [0.2, 0.25) is 0 Å². The van der Waals surface area contributed by atoms with Crippen molar-refractivity contribution in [3.8, 4) is 0 Å². The Labute approximate surface area is 173 Å². The number of fused-ring (bicyclic) bond motifs is 1. The van der Waals surface area contributed by atoms with E-state index in [1.165, 1.54) is 22.3 Å². The minimum atomic E-state index is 0.0662. The Kier molecular flexibility index (Phi) is 4.96. The molecule has 1 fully saturated rings. The lowest BCUT2D eigenvalue weighted by molar-refractivity contribution is 0.322. The largest absolute Gasteiger partial charge is 0.465 e. The van der Waals surface area contributed by atoms with Crippen LogP contribution in [0, 0.1) is 5.92 Å². The molecule has 2 aromatic rings. The molecule has 1 saturated heterocycles. The lowest BCUT2D eigenvalue weighted by Gasteiger charge is -2.32. The summed E-state index contributed by atoms with van der Waals surface area (Å²) in [6.45, 7) is 17.4. The van der Waals surface area contributed by atoms with Gasteiger partial charge in [0.1, 0.15) is 17.3 Å². The minimum Gasteiger partial charge on any atom is -0.465 e. The molecular formula is C27H28O2. The molecule has 148 valence electrons. The van der Waals surface area contributed by atoms with E-state index in [4.69, 9.17) is 9.15 Å². The van der Waals surface area contributed by atoms with E-state index in [1.54, 1.807) is 6.26 Å². The molecule has 2 heteroatoms. The molecule has 0 saturated carbocycles. The lowest BCUT2D eigenvalue weighted by Crippen LogP contribution is -2.20. The van der Waals surface area contributed by atoms with Crippen molar-refractivity contribution in [1.82, 2.24) is 0 Å². The van der Waals surface area contributed by atoms with Gasteiger partial charge in [-0.1, -0.05) is 56.8 Å². The molecule has 2 unspecified atom stereocenters. The van der Waals surface area contributed by atoms with Crippen LogP contribution in [0.1, 0.15) is 56.4 Å². The van der Waals surface area contributed by atoms with Crippen molar-refractivity contribution in [2.24, 2.45) is 5.92 Å². The normalized spacial score (nSPS) is 22.7. The predicted molar refractivity (Wildman–Crippen MR) is 119 cm³/mol. The van der Waals surface area contributed by atoms with E-state index in [-0.39, 0.29) is 11.8 Å². The first kappa shape index (κ1) is 19.3. The molecule has 2 heterocycles. The minimum absolute atomic E-state index is 0.0662. The summed E-state index contributed by atoms with van der Waals surface area (Å²) in [5.41, 5.74) is 7.17. The molecule has 0 amide bonds. The Morgan fingerprint density at radius 3 is 2.41 bits per heavy atom. The third-order valence-electron chi connectivity index (χ3n) is 5.89. The SMILES string of the molecule is C=C(C)C1=C(C)C=C2OC(=Cc3ccco3)C(=C)C2C1c1ccc(C(C)C)cc1. The van der Waals surface area contributed by atoms with Crippen LogP contribution in [0.4, 0.5) is 0 Å². The summed E-state index contributed by atoms with van der Waals surface area (Å²) < 4.78 is 11.7. The highest BCUT2D eigenvalue weighted by Gasteiger charge is 2.42. The highest BCUT2D eigenvalue weighted by Crippen LogP contribution is 2.53. The van der Waals surface area contributed by atoms with Crippen molar-refractivity contribution in [3.05, 3.63) is 113 Å². The second-order valence-corrected chi connectivity index (χ2v) is 8.35. The van der Waals surface area contributed by atoms with E-state index in [0.29, 0.717) is 5.92 Å². The molecule has 1 aliphatic heterocycles. The molecule has 0 spiro atoms. The van der Waals surface area contributed by atoms with Crippen LogP contribution in [-0.4, -0.2) is 0 Å². The molecule has 0 bridgehead atoms. The fourth-order valence-corrected chi connectivity index (χ4v) is 4.44. The monoisotopic (exact) mass is 384 g/mol. The molecule has 0 N–H and O–H groups in total.